The van der Waals surface area contributed by atoms with Gasteiger partial charge in [0.25, 0.3) is 0 Å². The van der Waals surface area contributed by atoms with Crippen LogP contribution in [-0.4, -0.2) is 24.5 Å². The summed E-state index contributed by atoms with van der Waals surface area (Å²) in [6, 6.07) is 7.75. The molecule has 1 aromatic carbocycles. The highest BCUT2D eigenvalue weighted by Gasteiger charge is 2.30. The van der Waals surface area contributed by atoms with Crippen LogP contribution in [0.25, 0.3) is 0 Å². The van der Waals surface area contributed by atoms with Crippen molar-refractivity contribution in [2.24, 2.45) is 0 Å². The summed E-state index contributed by atoms with van der Waals surface area (Å²) < 4.78 is 5.55. The van der Waals surface area contributed by atoms with Gasteiger partial charge in [0, 0.05) is 6.42 Å². The lowest BCUT2D eigenvalue weighted by Crippen LogP contribution is -2.52. The van der Waals surface area contributed by atoms with Crippen LogP contribution in [0.5, 0.6) is 0 Å². The van der Waals surface area contributed by atoms with Gasteiger partial charge in [0.05, 0.1) is 25.3 Å². The molecule has 2 atom stereocenters. The molecule has 0 aromatic heterocycles. The molecular weight excluding hydrogens is 244 g/mol. The number of benzene rings is 1. The largest absolute Gasteiger partial charge is 0.375 e. The van der Waals surface area contributed by atoms with Gasteiger partial charge in [-0.15, -0.1) is 0 Å². The summed E-state index contributed by atoms with van der Waals surface area (Å²) in [5, 5.41) is 5.66. The summed E-state index contributed by atoms with van der Waals surface area (Å²) in [6.07, 6.45) is 0.933. The van der Waals surface area contributed by atoms with Crippen molar-refractivity contribution in [3.05, 3.63) is 35.4 Å². The van der Waals surface area contributed by atoms with Crippen molar-refractivity contribution in [3.63, 3.8) is 0 Å². The number of hydrogen-bond donors (Lipinski definition) is 2. The maximum Gasteiger partial charge on any atom is 0.243 e. The molecule has 3 rings (SSSR count). The normalized spacial score (nSPS) is 26.7. The molecule has 0 saturated carbocycles. The third-order valence-corrected chi connectivity index (χ3v) is 3.61. The summed E-state index contributed by atoms with van der Waals surface area (Å²) in [5.74, 6) is -0.428. The third-order valence-electron chi connectivity index (χ3n) is 3.61. The van der Waals surface area contributed by atoms with Gasteiger partial charge in [-0.2, -0.15) is 0 Å². The highest BCUT2D eigenvalue weighted by Crippen LogP contribution is 2.25. The fourth-order valence-electron chi connectivity index (χ4n) is 2.62. The van der Waals surface area contributed by atoms with Gasteiger partial charge in [-0.05, 0) is 17.5 Å². The van der Waals surface area contributed by atoms with E-state index in [1.54, 1.807) is 0 Å². The molecule has 100 valence electrons. The second kappa shape index (κ2) is 5.11. The quantitative estimate of drug-likeness (QED) is 0.766. The molecule has 2 aliphatic heterocycles. The SMILES string of the molecule is O=C1CCC(NC2COCc3ccccc32)C(=O)N1. The number of piperidine rings is 1. The summed E-state index contributed by atoms with van der Waals surface area (Å²) in [6.45, 7) is 1.17. The maximum absolute atomic E-state index is 11.8. The van der Waals surface area contributed by atoms with E-state index in [2.05, 4.69) is 16.7 Å². The Morgan fingerprint density at radius 3 is 2.89 bits per heavy atom. The van der Waals surface area contributed by atoms with Crippen LogP contribution in [0.4, 0.5) is 0 Å². The van der Waals surface area contributed by atoms with Crippen molar-refractivity contribution in [2.45, 2.75) is 31.5 Å². The molecule has 0 spiro atoms. The number of amides is 2. The molecule has 5 heteroatoms. The third kappa shape index (κ3) is 2.52. The number of rotatable bonds is 2. The highest BCUT2D eigenvalue weighted by atomic mass is 16.5. The van der Waals surface area contributed by atoms with E-state index in [1.165, 1.54) is 5.56 Å². The van der Waals surface area contributed by atoms with Gasteiger partial charge in [-0.3, -0.25) is 20.2 Å². The smallest absolute Gasteiger partial charge is 0.243 e. The van der Waals surface area contributed by atoms with Crippen LogP contribution in [-0.2, 0) is 20.9 Å². The molecule has 2 heterocycles. The van der Waals surface area contributed by atoms with E-state index in [-0.39, 0.29) is 23.9 Å². The van der Waals surface area contributed by atoms with Crippen LogP contribution in [0, 0.1) is 0 Å². The number of carbonyl (C=O) groups is 2. The van der Waals surface area contributed by atoms with E-state index in [9.17, 15) is 9.59 Å². The number of ether oxygens (including phenoxy) is 1. The van der Waals surface area contributed by atoms with E-state index in [0.717, 1.165) is 5.56 Å². The fourth-order valence-corrected chi connectivity index (χ4v) is 2.62. The Hall–Kier alpha value is -1.72. The Morgan fingerprint density at radius 1 is 1.21 bits per heavy atom. The minimum absolute atomic E-state index is 0.00824. The standard InChI is InChI=1S/C14H16N2O3/c17-13-6-5-11(14(18)16-13)15-12-8-19-7-9-3-1-2-4-10(9)12/h1-4,11-12,15H,5-8H2,(H,16,17,18). The molecule has 1 saturated heterocycles. The van der Waals surface area contributed by atoms with Gasteiger partial charge in [-0.25, -0.2) is 0 Å². The van der Waals surface area contributed by atoms with E-state index >= 15 is 0 Å². The van der Waals surface area contributed by atoms with Crippen molar-refractivity contribution in [1.29, 1.82) is 0 Å². The first kappa shape index (κ1) is 12.3. The minimum Gasteiger partial charge on any atom is -0.375 e. The van der Waals surface area contributed by atoms with E-state index in [0.29, 0.717) is 26.1 Å². The zero-order valence-corrected chi connectivity index (χ0v) is 10.5. The summed E-state index contributed by atoms with van der Waals surface area (Å²) in [7, 11) is 0. The second-order valence-electron chi connectivity index (χ2n) is 4.94. The Labute approximate surface area is 111 Å². The van der Waals surface area contributed by atoms with Crippen molar-refractivity contribution < 1.29 is 14.3 Å². The first-order chi connectivity index (χ1) is 9.24. The predicted octanol–water partition coefficient (Wildman–Crippen LogP) is 0.653. The van der Waals surface area contributed by atoms with Crippen molar-refractivity contribution in [3.8, 4) is 0 Å². The Balaban J connectivity index is 1.74. The van der Waals surface area contributed by atoms with Crippen LogP contribution in [0.2, 0.25) is 0 Å². The summed E-state index contributed by atoms with van der Waals surface area (Å²) in [4.78, 5) is 22.9. The number of nitrogens with one attached hydrogen (secondary N) is 2. The molecule has 1 fully saturated rings. The zero-order chi connectivity index (χ0) is 13.2. The Bertz CT molecular complexity index is 515. The average molecular weight is 260 g/mol. The molecule has 2 aliphatic rings. The van der Waals surface area contributed by atoms with E-state index in [4.69, 9.17) is 4.74 Å². The average Bonchev–Trinajstić information content (AvgIpc) is 2.42. The van der Waals surface area contributed by atoms with Crippen molar-refractivity contribution in [1.82, 2.24) is 10.6 Å². The summed E-state index contributed by atoms with van der Waals surface area (Å²) in [5.41, 5.74) is 2.33. The topological polar surface area (TPSA) is 67.4 Å². The molecule has 2 N–H and O–H groups in total. The second-order valence-corrected chi connectivity index (χ2v) is 4.94. The summed E-state index contributed by atoms with van der Waals surface area (Å²) >= 11 is 0. The Morgan fingerprint density at radius 2 is 2.05 bits per heavy atom. The zero-order valence-electron chi connectivity index (χ0n) is 10.5. The molecule has 19 heavy (non-hydrogen) atoms. The van der Waals surface area contributed by atoms with Crippen LogP contribution >= 0.6 is 0 Å². The number of hydrogen-bond acceptors (Lipinski definition) is 4. The van der Waals surface area contributed by atoms with Crippen molar-refractivity contribution >= 4 is 11.8 Å². The lowest BCUT2D eigenvalue weighted by Gasteiger charge is -2.31. The van der Waals surface area contributed by atoms with Crippen molar-refractivity contribution in [2.75, 3.05) is 6.61 Å². The maximum atomic E-state index is 11.8. The van der Waals surface area contributed by atoms with Gasteiger partial charge < -0.3 is 4.74 Å². The molecule has 0 aliphatic carbocycles. The highest BCUT2D eigenvalue weighted by molar-refractivity contribution is 6.00. The molecule has 0 radical (unpaired) electrons. The predicted molar refractivity (Wildman–Crippen MR) is 68.1 cm³/mol. The van der Waals surface area contributed by atoms with Crippen LogP contribution < -0.4 is 10.6 Å². The van der Waals surface area contributed by atoms with Gasteiger partial charge in [0.1, 0.15) is 0 Å². The molecule has 2 unspecified atom stereocenters. The van der Waals surface area contributed by atoms with Gasteiger partial charge in [0.2, 0.25) is 11.8 Å². The van der Waals surface area contributed by atoms with Gasteiger partial charge in [0.15, 0.2) is 0 Å². The number of imide groups is 1. The molecule has 5 nitrogen and oxygen atoms in total. The van der Waals surface area contributed by atoms with Crippen LogP contribution in [0.15, 0.2) is 24.3 Å². The van der Waals surface area contributed by atoms with Crippen LogP contribution in [0.1, 0.15) is 30.0 Å². The Kier molecular flexibility index (Phi) is 3.31. The van der Waals surface area contributed by atoms with E-state index in [1.807, 2.05) is 18.2 Å². The first-order valence-corrected chi connectivity index (χ1v) is 6.49. The molecule has 2 amide bonds. The first-order valence-electron chi connectivity index (χ1n) is 6.49. The van der Waals surface area contributed by atoms with Gasteiger partial charge in [-0.1, -0.05) is 24.3 Å². The lowest BCUT2D eigenvalue weighted by molar-refractivity contribution is -0.135. The minimum atomic E-state index is -0.322. The molecular formula is C14H16N2O3. The monoisotopic (exact) mass is 260 g/mol. The number of fused-ring (bicyclic) bond motifs is 1. The molecule has 1 aromatic rings. The van der Waals surface area contributed by atoms with Gasteiger partial charge >= 0.3 is 0 Å². The number of carbonyl (C=O) groups excluding carboxylic acids is 2. The van der Waals surface area contributed by atoms with E-state index < -0.39 is 0 Å². The molecule has 0 bridgehead atoms. The lowest BCUT2D eigenvalue weighted by atomic mass is 9.97. The fraction of sp³-hybridized carbons (Fsp3) is 0.429. The van der Waals surface area contributed by atoms with Crippen LogP contribution in [0.3, 0.4) is 0 Å².